The summed E-state index contributed by atoms with van der Waals surface area (Å²) in [6.45, 7) is 1.72. The first kappa shape index (κ1) is 14.1. The van der Waals surface area contributed by atoms with Crippen LogP contribution in [0.5, 0.6) is 5.75 Å². The van der Waals surface area contributed by atoms with Crippen LogP contribution in [0.3, 0.4) is 0 Å². The van der Waals surface area contributed by atoms with Crippen molar-refractivity contribution in [1.29, 1.82) is 0 Å². The van der Waals surface area contributed by atoms with Crippen molar-refractivity contribution in [2.24, 2.45) is 0 Å². The summed E-state index contributed by atoms with van der Waals surface area (Å²) in [5.74, 6) is 0.466. The Morgan fingerprint density at radius 1 is 1.09 bits per heavy atom. The Morgan fingerprint density at radius 3 is 2.68 bits per heavy atom. The number of hydrogen-bond acceptors (Lipinski definition) is 3. The predicted molar refractivity (Wildman–Crippen MR) is 86.9 cm³/mol. The maximum absolute atomic E-state index is 12.1. The van der Waals surface area contributed by atoms with Gasteiger partial charge >= 0.3 is 0 Å². The average Bonchev–Trinajstić information content (AvgIpc) is 2.55. The molecular weight excluding hydrogens is 276 g/mol. The zero-order chi connectivity index (χ0) is 15.4. The minimum atomic E-state index is -0.596. The lowest BCUT2D eigenvalue weighted by atomic mass is 10.1. The molecule has 1 amide bonds. The van der Waals surface area contributed by atoms with Gasteiger partial charge in [-0.1, -0.05) is 30.3 Å². The van der Waals surface area contributed by atoms with E-state index in [2.05, 4.69) is 10.3 Å². The highest BCUT2D eigenvalue weighted by atomic mass is 16.5. The second-order valence-corrected chi connectivity index (χ2v) is 5.00. The van der Waals surface area contributed by atoms with E-state index in [0.717, 1.165) is 10.8 Å². The van der Waals surface area contributed by atoms with Crippen molar-refractivity contribution >= 4 is 22.4 Å². The van der Waals surface area contributed by atoms with Crippen molar-refractivity contribution in [1.82, 2.24) is 4.98 Å². The summed E-state index contributed by atoms with van der Waals surface area (Å²) in [5.41, 5.74) is 0.654. The first-order valence-corrected chi connectivity index (χ1v) is 7.09. The van der Waals surface area contributed by atoms with E-state index in [4.69, 9.17) is 4.74 Å². The molecule has 0 spiro atoms. The molecule has 1 aromatic heterocycles. The molecule has 0 aliphatic heterocycles. The van der Waals surface area contributed by atoms with E-state index >= 15 is 0 Å². The van der Waals surface area contributed by atoms with Gasteiger partial charge in [-0.3, -0.25) is 9.78 Å². The van der Waals surface area contributed by atoms with E-state index < -0.39 is 6.10 Å². The molecule has 0 bridgehead atoms. The first-order chi connectivity index (χ1) is 10.7. The fourth-order valence-electron chi connectivity index (χ4n) is 2.18. The number of rotatable bonds is 4. The molecule has 3 rings (SSSR count). The third kappa shape index (κ3) is 3.23. The van der Waals surface area contributed by atoms with Crippen LogP contribution in [-0.2, 0) is 4.79 Å². The molecule has 0 saturated carbocycles. The summed E-state index contributed by atoms with van der Waals surface area (Å²) in [7, 11) is 0. The fourth-order valence-corrected chi connectivity index (χ4v) is 2.18. The summed E-state index contributed by atoms with van der Waals surface area (Å²) < 4.78 is 5.72. The Balaban J connectivity index is 1.69. The third-order valence-electron chi connectivity index (χ3n) is 3.33. The van der Waals surface area contributed by atoms with Crippen molar-refractivity contribution < 1.29 is 9.53 Å². The monoisotopic (exact) mass is 292 g/mol. The number of nitrogens with one attached hydrogen (secondary N) is 1. The number of nitrogens with zero attached hydrogens (tertiary/aromatic N) is 1. The van der Waals surface area contributed by atoms with Gasteiger partial charge in [0.15, 0.2) is 6.10 Å². The Bertz CT molecular complexity index is 787. The molecule has 2 aromatic carbocycles. The average molecular weight is 292 g/mol. The smallest absolute Gasteiger partial charge is 0.265 e. The van der Waals surface area contributed by atoms with Gasteiger partial charge in [-0.15, -0.1) is 0 Å². The van der Waals surface area contributed by atoms with E-state index in [9.17, 15) is 4.79 Å². The van der Waals surface area contributed by atoms with E-state index in [-0.39, 0.29) is 5.91 Å². The molecule has 1 N–H and O–H groups in total. The van der Waals surface area contributed by atoms with Gasteiger partial charge in [-0.2, -0.15) is 0 Å². The van der Waals surface area contributed by atoms with Crippen LogP contribution in [0.1, 0.15) is 6.92 Å². The summed E-state index contributed by atoms with van der Waals surface area (Å²) in [6.07, 6.45) is 2.66. The lowest BCUT2D eigenvalue weighted by molar-refractivity contribution is -0.122. The predicted octanol–water partition coefficient (Wildman–Crippen LogP) is 3.64. The van der Waals surface area contributed by atoms with Gasteiger partial charge in [0.1, 0.15) is 5.75 Å². The van der Waals surface area contributed by atoms with Crippen LogP contribution in [0, 0.1) is 0 Å². The van der Waals surface area contributed by atoms with Crippen LogP contribution in [-0.4, -0.2) is 17.0 Å². The molecular formula is C18H16N2O2. The third-order valence-corrected chi connectivity index (χ3v) is 3.33. The van der Waals surface area contributed by atoms with Crippen molar-refractivity contribution in [2.75, 3.05) is 5.32 Å². The van der Waals surface area contributed by atoms with Crippen LogP contribution in [0.15, 0.2) is 67.0 Å². The Kier molecular flexibility index (Phi) is 4.01. The fraction of sp³-hybridized carbons (Fsp3) is 0.111. The van der Waals surface area contributed by atoms with Gasteiger partial charge in [0, 0.05) is 6.20 Å². The molecule has 4 heteroatoms. The standard InChI is InChI=1S/C18H16N2O2/c1-13(18(21)20-16-7-4-10-19-12-16)22-17-9-8-14-5-2-3-6-15(14)11-17/h2-13H,1H3,(H,20,21)/t13-/m0/s1. The number of carbonyl (C=O) groups is 1. The Labute approximate surface area is 128 Å². The topological polar surface area (TPSA) is 51.2 Å². The van der Waals surface area contributed by atoms with Crippen molar-refractivity contribution in [3.8, 4) is 5.75 Å². The van der Waals surface area contributed by atoms with Crippen molar-refractivity contribution in [2.45, 2.75) is 13.0 Å². The molecule has 0 aliphatic rings. The number of fused-ring (bicyclic) bond motifs is 1. The van der Waals surface area contributed by atoms with Crippen LogP contribution in [0.25, 0.3) is 10.8 Å². The van der Waals surface area contributed by atoms with Crippen LogP contribution in [0.4, 0.5) is 5.69 Å². The molecule has 0 aliphatic carbocycles. The number of carbonyl (C=O) groups excluding carboxylic acids is 1. The van der Waals surface area contributed by atoms with Gasteiger partial charge in [-0.05, 0) is 42.0 Å². The van der Waals surface area contributed by atoms with Crippen LogP contribution in [0.2, 0.25) is 0 Å². The van der Waals surface area contributed by atoms with Crippen LogP contribution >= 0.6 is 0 Å². The maximum Gasteiger partial charge on any atom is 0.265 e. The normalized spacial score (nSPS) is 11.9. The van der Waals surface area contributed by atoms with Crippen molar-refractivity contribution in [3.05, 3.63) is 67.0 Å². The molecule has 110 valence electrons. The zero-order valence-electron chi connectivity index (χ0n) is 12.2. The number of hydrogen-bond donors (Lipinski definition) is 1. The molecule has 4 nitrogen and oxygen atoms in total. The zero-order valence-corrected chi connectivity index (χ0v) is 12.2. The van der Waals surface area contributed by atoms with E-state index in [1.807, 2.05) is 42.5 Å². The molecule has 1 atom stereocenters. The van der Waals surface area contributed by atoms with Gasteiger partial charge in [-0.25, -0.2) is 0 Å². The summed E-state index contributed by atoms with van der Waals surface area (Å²) in [4.78, 5) is 16.1. The Morgan fingerprint density at radius 2 is 1.91 bits per heavy atom. The van der Waals surface area contributed by atoms with Gasteiger partial charge in [0.05, 0.1) is 11.9 Å². The summed E-state index contributed by atoms with van der Waals surface area (Å²) in [5, 5.41) is 5.00. The van der Waals surface area contributed by atoms with Crippen molar-refractivity contribution in [3.63, 3.8) is 0 Å². The molecule has 1 heterocycles. The quantitative estimate of drug-likeness (QED) is 0.798. The number of amides is 1. The Hall–Kier alpha value is -2.88. The lowest BCUT2D eigenvalue weighted by Crippen LogP contribution is -2.30. The molecule has 22 heavy (non-hydrogen) atoms. The second kappa shape index (κ2) is 6.26. The number of aromatic nitrogens is 1. The summed E-state index contributed by atoms with van der Waals surface area (Å²) in [6, 6.07) is 17.4. The van der Waals surface area contributed by atoms with Gasteiger partial charge in [0.2, 0.25) is 0 Å². The number of anilines is 1. The SMILES string of the molecule is C[C@H](Oc1ccc2ccccc2c1)C(=O)Nc1cccnc1. The number of pyridine rings is 1. The van der Waals surface area contributed by atoms with E-state index in [1.165, 1.54) is 0 Å². The molecule has 3 aromatic rings. The molecule has 0 radical (unpaired) electrons. The summed E-state index contributed by atoms with van der Waals surface area (Å²) >= 11 is 0. The minimum Gasteiger partial charge on any atom is -0.481 e. The highest BCUT2D eigenvalue weighted by Gasteiger charge is 2.15. The van der Waals surface area contributed by atoms with Gasteiger partial charge in [0.25, 0.3) is 5.91 Å². The molecule has 0 saturated heterocycles. The van der Waals surface area contributed by atoms with Crippen LogP contribution < -0.4 is 10.1 Å². The largest absolute Gasteiger partial charge is 0.481 e. The first-order valence-electron chi connectivity index (χ1n) is 7.09. The lowest BCUT2D eigenvalue weighted by Gasteiger charge is -2.15. The second-order valence-electron chi connectivity index (χ2n) is 5.00. The maximum atomic E-state index is 12.1. The van der Waals surface area contributed by atoms with Gasteiger partial charge < -0.3 is 10.1 Å². The van der Waals surface area contributed by atoms with E-state index in [0.29, 0.717) is 11.4 Å². The van der Waals surface area contributed by atoms with E-state index in [1.54, 1.807) is 31.5 Å². The minimum absolute atomic E-state index is 0.207. The highest BCUT2D eigenvalue weighted by Crippen LogP contribution is 2.21. The number of ether oxygens (including phenoxy) is 1. The number of benzene rings is 2. The molecule has 0 unspecified atom stereocenters. The molecule has 0 fully saturated rings. The highest BCUT2D eigenvalue weighted by molar-refractivity contribution is 5.94.